The minimum atomic E-state index is -0.650. The third-order valence-electron chi connectivity index (χ3n) is 6.93. The van der Waals surface area contributed by atoms with Crippen LogP contribution in [0.25, 0.3) is 0 Å². The molecular weight excluding hydrogens is 412 g/mol. The molecule has 0 spiro atoms. The number of nitriles is 1. The first kappa shape index (κ1) is 24.8. The lowest BCUT2D eigenvalue weighted by Crippen LogP contribution is -2.45. The minimum absolute atomic E-state index is 0.113. The molecule has 1 N–H and O–H groups in total. The van der Waals surface area contributed by atoms with E-state index in [9.17, 15) is 10.1 Å². The SMILES string of the molecule is COC(C)(C)[C@@H](NC(=O)[C@@H](CC#N)c1ccccc1)c1ccc(OCC2(C)CCCC2)cc1. The molecule has 1 amide bonds. The smallest absolute Gasteiger partial charge is 0.229 e. The molecule has 0 aliphatic heterocycles. The first-order valence-electron chi connectivity index (χ1n) is 11.8. The maximum Gasteiger partial charge on any atom is 0.229 e. The molecule has 2 aromatic carbocycles. The number of benzene rings is 2. The monoisotopic (exact) mass is 448 g/mol. The molecule has 0 bridgehead atoms. The Balaban J connectivity index is 1.77. The molecule has 0 heterocycles. The van der Waals surface area contributed by atoms with Gasteiger partial charge in [0.1, 0.15) is 5.75 Å². The molecule has 2 atom stereocenters. The van der Waals surface area contributed by atoms with Crippen molar-refractivity contribution in [2.75, 3.05) is 13.7 Å². The van der Waals surface area contributed by atoms with Crippen LogP contribution in [0.4, 0.5) is 0 Å². The number of rotatable bonds is 10. The molecular formula is C28H36N2O3. The molecule has 1 fully saturated rings. The predicted molar refractivity (Wildman–Crippen MR) is 130 cm³/mol. The largest absolute Gasteiger partial charge is 0.493 e. The van der Waals surface area contributed by atoms with Crippen molar-refractivity contribution in [3.63, 3.8) is 0 Å². The first-order valence-corrected chi connectivity index (χ1v) is 11.8. The molecule has 33 heavy (non-hydrogen) atoms. The van der Waals surface area contributed by atoms with Gasteiger partial charge in [0.15, 0.2) is 0 Å². The van der Waals surface area contributed by atoms with Crippen molar-refractivity contribution in [3.8, 4) is 11.8 Å². The predicted octanol–water partition coefficient (Wildman–Crippen LogP) is 5.93. The number of carbonyl (C=O) groups excluding carboxylic acids is 1. The van der Waals surface area contributed by atoms with E-state index in [-0.39, 0.29) is 23.8 Å². The van der Waals surface area contributed by atoms with Gasteiger partial charge in [-0.05, 0) is 49.9 Å². The van der Waals surface area contributed by atoms with E-state index in [0.717, 1.165) is 23.5 Å². The number of carbonyl (C=O) groups is 1. The lowest BCUT2D eigenvalue weighted by atomic mass is 9.89. The highest BCUT2D eigenvalue weighted by molar-refractivity contribution is 5.84. The average Bonchev–Trinajstić information content (AvgIpc) is 3.27. The Morgan fingerprint density at radius 2 is 1.73 bits per heavy atom. The van der Waals surface area contributed by atoms with E-state index in [0.29, 0.717) is 0 Å². The highest BCUT2D eigenvalue weighted by Crippen LogP contribution is 2.38. The van der Waals surface area contributed by atoms with Gasteiger partial charge in [-0.3, -0.25) is 4.79 Å². The van der Waals surface area contributed by atoms with Crippen molar-refractivity contribution in [3.05, 3.63) is 65.7 Å². The molecule has 2 aromatic rings. The molecule has 5 nitrogen and oxygen atoms in total. The van der Waals surface area contributed by atoms with Crippen molar-refractivity contribution < 1.29 is 14.3 Å². The van der Waals surface area contributed by atoms with Gasteiger partial charge in [-0.25, -0.2) is 0 Å². The van der Waals surface area contributed by atoms with Crippen LogP contribution in [0.5, 0.6) is 5.75 Å². The van der Waals surface area contributed by atoms with Crippen LogP contribution in [0.2, 0.25) is 0 Å². The fourth-order valence-corrected chi connectivity index (χ4v) is 4.54. The Kier molecular flexibility index (Phi) is 8.15. The van der Waals surface area contributed by atoms with Gasteiger partial charge in [-0.2, -0.15) is 5.26 Å². The molecule has 0 saturated heterocycles. The molecule has 1 saturated carbocycles. The molecule has 1 aliphatic rings. The highest BCUT2D eigenvalue weighted by Gasteiger charge is 2.34. The number of methoxy groups -OCH3 is 1. The molecule has 0 aromatic heterocycles. The maximum absolute atomic E-state index is 13.3. The van der Waals surface area contributed by atoms with Crippen LogP contribution in [0, 0.1) is 16.7 Å². The van der Waals surface area contributed by atoms with Crippen LogP contribution in [0.3, 0.4) is 0 Å². The minimum Gasteiger partial charge on any atom is -0.493 e. The van der Waals surface area contributed by atoms with Gasteiger partial charge in [0, 0.05) is 12.5 Å². The van der Waals surface area contributed by atoms with E-state index in [1.54, 1.807) is 7.11 Å². The van der Waals surface area contributed by atoms with Crippen LogP contribution in [0.15, 0.2) is 54.6 Å². The number of hydrogen-bond acceptors (Lipinski definition) is 4. The van der Waals surface area contributed by atoms with Crippen molar-refractivity contribution in [1.82, 2.24) is 5.32 Å². The zero-order chi connectivity index (χ0) is 23.9. The quantitative estimate of drug-likeness (QED) is 0.489. The van der Waals surface area contributed by atoms with Crippen LogP contribution < -0.4 is 10.1 Å². The number of nitrogens with zero attached hydrogens (tertiary/aromatic N) is 1. The standard InChI is InChI=1S/C28H36N2O3/c1-27(2,32-4)25(30-26(31)24(16-19-29)21-10-6-5-7-11-21)22-12-14-23(15-13-22)33-20-28(3)17-8-9-18-28/h5-7,10-15,24-25H,8-9,16-18,20H2,1-4H3,(H,30,31)/t24-,25-/m0/s1. The summed E-state index contributed by atoms with van der Waals surface area (Å²) < 4.78 is 11.8. The second kappa shape index (κ2) is 10.9. The van der Waals surface area contributed by atoms with Gasteiger partial charge in [0.25, 0.3) is 0 Å². The van der Waals surface area contributed by atoms with Gasteiger partial charge in [0.2, 0.25) is 5.91 Å². The highest BCUT2D eigenvalue weighted by atomic mass is 16.5. The first-order chi connectivity index (χ1) is 15.8. The van der Waals surface area contributed by atoms with Gasteiger partial charge in [-0.1, -0.05) is 62.2 Å². The van der Waals surface area contributed by atoms with Crippen LogP contribution >= 0.6 is 0 Å². The van der Waals surface area contributed by atoms with Gasteiger partial charge >= 0.3 is 0 Å². The van der Waals surface area contributed by atoms with E-state index in [2.05, 4.69) is 18.3 Å². The summed E-state index contributed by atoms with van der Waals surface area (Å²) >= 11 is 0. The number of nitrogens with one attached hydrogen (secondary N) is 1. The molecule has 0 radical (unpaired) electrons. The second-order valence-corrected chi connectivity index (χ2v) is 9.95. The zero-order valence-corrected chi connectivity index (χ0v) is 20.3. The zero-order valence-electron chi connectivity index (χ0n) is 20.3. The Morgan fingerprint density at radius 1 is 1.09 bits per heavy atom. The maximum atomic E-state index is 13.3. The summed E-state index contributed by atoms with van der Waals surface area (Å²) in [5, 5.41) is 12.5. The Hall–Kier alpha value is -2.84. The molecule has 3 rings (SSSR count). The normalized spacial score (nSPS) is 17.1. The van der Waals surface area contributed by atoms with Crippen molar-refractivity contribution in [2.45, 2.75) is 70.4 Å². The van der Waals surface area contributed by atoms with E-state index < -0.39 is 11.5 Å². The average molecular weight is 449 g/mol. The van der Waals surface area contributed by atoms with Crippen molar-refractivity contribution >= 4 is 5.91 Å². The van der Waals surface area contributed by atoms with Crippen molar-refractivity contribution in [1.29, 1.82) is 5.26 Å². The summed E-state index contributed by atoms with van der Waals surface area (Å²) in [4.78, 5) is 13.3. The third kappa shape index (κ3) is 6.36. The second-order valence-electron chi connectivity index (χ2n) is 9.95. The van der Waals surface area contributed by atoms with Gasteiger partial charge in [0.05, 0.1) is 36.7 Å². The summed E-state index contributed by atoms with van der Waals surface area (Å²) in [6.07, 6.45) is 5.10. The summed E-state index contributed by atoms with van der Waals surface area (Å²) in [6.45, 7) is 6.92. The number of hydrogen-bond donors (Lipinski definition) is 1. The fraction of sp³-hybridized carbons (Fsp3) is 0.500. The summed E-state index contributed by atoms with van der Waals surface area (Å²) in [5.74, 6) is 0.104. The lowest BCUT2D eigenvalue weighted by molar-refractivity contribution is -0.125. The van der Waals surface area contributed by atoms with E-state index in [1.165, 1.54) is 25.7 Å². The summed E-state index contributed by atoms with van der Waals surface area (Å²) in [5.41, 5.74) is 1.37. The molecule has 5 heteroatoms. The van der Waals surface area contributed by atoms with Crippen LogP contribution in [-0.2, 0) is 9.53 Å². The molecule has 1 aliphatic carbocycles. The lowest BCUT2D eigenvalue weighted by Gasteiger charge is -2.35. The molecule has 0 unspecified atom stereocenters. The summed E-state index contributed by atoms with van der Waals surface area (Å²) in [7, 11) is 1.64. The topological polar surface area (TPSA) is 71.3 Å². The Bertz CT molecular complexity index is 941. The Labute approximate surface area is 198 Å². The van der Waals surface area contributed by atoms with E-state index in [4.69, 9.17) is 9.47 Å². The fourth-order valence-electron chi connectivity index (χ4n) is 4.54. The Morgan fingerprint density at radius 3 is 2.30 bits per heavy atom. The third-order valence-corrected chi connectivity index (χ3v) is 6.93. The van der Waals surface area contributed by atoms with Gasteiger partial charge in [-0.15, -0.1) is 0 Å². The number of ether oxygens (including phenoxy) is 2. The van der Waals surface area contributed by atoms with Crippen LogP contribution in [0.1, 0.15) is 76.0 Å². The van der Waals surface area contributed by atoms with Crippen LogP contribution in [-0.4, -0.2) is 25.2 Å². The summed E-state index contributed by atoms with van der Waals surface area (Å²) in [6, 6.07) is 19.1. The van der Waals surface area contributed by atoms with Gasteiger partial charge < -0.3 is 14.8 Å². The number of amides is 1. The van der Waals surface area contributed by atoms with E-state index in [1.807, 2.05) is 68.4 Å². The van der Waals surface area contributed by atoms with E-state index >= 15 is 0 Å². The van der Waals surface area contributed by atoms with Crippen molar-refractivity contribution in [2.24, 2.45) is 5.41 Å². The molecule has 176 valence electrons.